The number of benzene rings is 1. The molecule has 0 aliphatic carbocycles. The first-order valence-electron chi connectivity index (χ1n) is 8.76. The summed E-state index contributed by atoms with van der Waals surface area (Å²) in [5, 5.41) is 0. The molecule has 3 rings (SSSR count). The van der Waals surface area contributed by atoms with Crippen LogP contribution in [0.2, 0.25) is 0 Å². The van der Waals surface area contributed by atoms with E-state index < -0.39 is 10.0 Å². The molecule has 2 fully saturated rings. The van der Waals surface area contributed by atoms with E-state index in [2.05, 4.69) is 9.62 Å². The van der Waals surface area contributed by atoms with Crippen molar-refractivity contribution in [3.63, 3.8) is 0 Å². The van der Waals surface area contributed by atoms with Crippen LogP contribution in [0.4, 0.5) is 5.69 Å². The molecule has 7 nitrogen and oxygen atoms in total. The molecule has 8 heteroatoms. The summed E-state index contributed by atoms with van der Waals surface area (Å²) in [5.74, 6) is 0.0943. The Morgan fingerprint density at radius 1 is 1.08 bits per heavy atom. The second kappa shape index (κ2) is 8.27. The summed E-state index contributed by atoms with van der Waals surface area (Å²) in [6, 6.07) is 6.52. The van der Waals surface area contributed by atoms with E-state index in [9.17, 15) is 13.2 Å². The van der Waals surface area contributed by atoms with E-state index >= 15 is 0 Å². The van der Waals surface area contributed by atoms with E-state index in [1.54, 1.807) is 29.2 Å². The van der Waals surface area contributed by atoms with Gasteiger partial charge in [0.25, 0.3) is 0 Å². The molecular formula is C17H25N3O4S. The molecule has 1 N–H and O–H groups in total. The maximum atomic E-state index is 12.4. The molecule has 1 amide bonds. The summed E-state index contributed by atoms with van der Waals surface area (Å²) in [4.78, 5) is 16.0. The second-order valence-corrected chi connectivity index (χ2v) is 8.12. The van der Waals surface area contributed by atoms with E-state index in [1.807, 2.05) is 0 Å². The van der Waals surface area contributed by atoms with Crippen molar-refractivity contribution < 1.29 is 17.9 Å². The fourth-order valence-electron chi connectivity index (χ4n) is 3.14. The monoisotopic (exact) mass is 367 g/mol. The van der Waals surface area contributed by atoms with Crippen LogP contribution < -0.4 is 9.62 Å². The van der Waals surface area contributed by atoms with Gasteiger partial charge in [-0.15, -0.1) is 0 Å². The van der Waals surface area contributed by atoms with Crippen LogP contribution in [-0.4, -0.2) is 65.2 Å². The van der Waals surface area contributed by atoms with E-state index in [0.29, 0.717) is 19.5 Å². The van der Waals surface area contributed by atoms with Gasteiger partial charge in [-0.3, -0.25) is 9.69 Å². The van der Waals surface area contributed by atoms with Gasteiger partial charge in [0.15, 0.2) is 0 Å². The minimum Gasteiger partial charge on any atom is -0.379 e. The highest BCUT2D eigenvalue weighted by Crippen LogP contribution is 2.22. The molecule has 2 saturated heterocycles. The summed E-state index contributed by atoms with van der Waals surface area (Å²) >= 11 is 0. The predicted molar refractivity (Wildman–Crippen MR) is 95.1 cm³/mol. The molecule has 0 radical (unpaired) electrons. The van der Waals surface area contributed by atoms with Crippen LogP contribution in [0, 0.1) is 0 Å². The van der Waals surface area contributed by atoms with E-state index in [4.69, 9.17) is 4.74 Å². The number of nitrogens with one attached hydrogen (secondary N) is 1. The average Bonchev–Trinajstić information content (AvgIpc) is 3.06. The smallest absolute Gasteiger partial charge is 0.240 e. The van der Waals surface area contributed by atoms with Gasteiger partial charge in [0.2, 0.25) is 15.9 Å². The number of nitrogens with zero attached hydrogens (tertiary/aromatic N) is 2. The lowest BCUT2D eigenvalue weighted by Crippen LogP contribution is -2.38. The first kappa shape index (κ1) is 18.3. The molecule has 0 spiro atoms. The molecule has 0 aromatic heterocycles. The number of morpholine rings is 1. The first-order valence-corrected chi connectivity index (χ1v) is 10.2. The standard InChI is InChI=1S/C17H25N3O4S/c21-17-3-1-10-20(17)15-4-6-16(7-5-15)25(22,23)18-8-2-9-19-11-13-24-14-12-19/h4-7,18H,1-3,8-14H2. The number of anilines is 1. The molecular weight excluding hydrogens is 342 g/mol. The number of carbonyl (C=O) groups excluding carboxylic acids is 1. The Hall–Kier alpha value is -1.48. The Kier molecular flexibility index (Phi) is 6.06. The van der Waals surface area contributed by atoms with Gasteiger partial charge in [0.05, 0.1) is 18.1 Å². The number of sulfonamides is 1. The van der Waals surface area contributed by atoms with Gasteiger partial charge in [0.1, 0.15) is 0 Å². The van der Waals surface area contributed by atoms with Gasteiger partial charge >= 0.3 is 0 Å². The number of amides is 1. The van der Waals surface area contributed by atoms with Crippen molar-refractivity contribution >= 4 is 21.6 Å². The van der Waals surface area contributed by atoms with Crippen molar-refractivity contribution in [3.8, 4) is 0 Å². The quantitative estimate of drug-likeness (QED) is 0.722. The minimum absolute atomic E-state index is 0.0943. The van der Waals surface area contributed by atoms with E-state index in [-0.39, 0.29) is 10.8 Å². The molecule has 0 saturated carbocycles. The maximum absolute atomic E-state index is 12.4. The minimum atomic E-state index is -3.51. The molecule has 0 unspecified atom stereocenters. The fraction of sp³-hybridized carbons (Fsp3) is 0.588. The van der Waals surface area contributed by atoms with Gasteiger partial charge in [-0.1, -0.05) is 0 Å². The van der Waals surface area contributed by atoms with Gasteiger partial charge < -0.3 is 9.64 Å². The first-order chi connectivity index (χ1) is 12.1. The lowest BCUT2D eigenvalue weighted by Gasteiger charge is -2.26. The number of carbonyl (C=O) groups is 1. The zero-order chi connectivity index (χ0) is 17.7. The van der Waals surface area contributed by atoms with Gasteiger partial charge in [-0.2, -0.15) is 0 Å². The number of ether oxygens (including phenoxy) is 1. The lowest BCUT2D eigenvalue weighted by molar-refractivity contribution is -0.117. The number of hydrogen-bond donors (Lipinski definition) is 1. The number of rotatable bonds is 7. The molecule has 0 atom stereocenters. The van der Waals surface area contributed by atoms with Crippen molar-refractivity contribution in [1.29, 1.82) is 0 Å². The molecule has 1 aromatic rings. The summed E-state index contributed by atoms with van der Waals surface area (Å²) in [5.41, 5.74) is 0.758. The van der Waals surface area contributed by atoms with Gasteiger partial charge in [0, 0.05) is 38.3 Å². The summed E-state index contributed by atoms with van der Waals surface area (Å²) in [7, 11) is -3.51. The Morgan fingerprint density at radius 3 is 2.44 bits per heavy atom. The zero-order valence-electron chi connectivity index (χ0n) is 14.3. The van der Waals surface area contributed by atoms with E-state index in [1.165, 1.54) is 0 Å². The average molecular weight is 367 g/mol. The summed E-state index contributed by atoms with van der Waals surface area (Å²) in [6.07, 6.45) is 2.17. The Morgan fingerprint density at radius 2 is 1.80 bits per heavy atom. The highest BCUT2D eigenvalue weighted by Gasteiger charge is 2.22. The van der Waals surface area contributed by atoms with Gasteiger partial charge in [-0.05, 0) is 43.7 Å². The van der Waals surface area contributed by atoms with Crippen molar-refractivity contribution in [1.82, 2.24) is 9.62 Å². The SMILES string of the molecule is O=C1CCCN1c1ccc(S(=O)(=O)NCCCN2CCOCC2)cc1. The molecule has 2 aliphatic heterocycles. The predicted octanol–water partition coefficient (Wildman–Crippen LogP) is 0.814. The fourth-order valence-corrected chi connectivity index (χ4v) is 4.22. The van der Waals surface area contributed by atoms with Crippen LogP contribution in [-0.2, 0) is 19.6 Å². The topological polar surface area (TPSA) is 79.0 Å². The molecule has 0 bridgehead atoms. The van der Waals surface area contributed by atoms with Crippen molar-refractivity contribution in [2.45, 2.75) is 24.2 Å². The Balaban J connectivity index is 1.50. The third-order valence-corrected chi connectivity index (χ3v) is 6.06. The summed E-state index contributed by atoms with van der Waals surface area (Å²) in [6.45, 7) is 5.28. The van der Waals surface area contributed by atoms with Crippen LogP contribution in [0.25, 0.3) is 0 Å². The Labute approximate surface area is 149 Å². The second-order valence-electron chi connectivity index (χ2n) is 6.35. The zero-order valence-corrected chi connectivity index (χ0v) is 15.1. The molecule has 25 heavy (non-hydrogen) atoms. The molecule has 138 valence electrons. The highest BCUT2D eigenvalue weighted by molar-refractivity contribution is 7.89. The highest BCUT2D eigenvalue weighted by atomic mass is 32.2. The van der Waals surface area contributed by atoms with Gasteiger partial charge in [-0.25, -0.2) is 13.1 Å². The van der Waals surface area contributed by atoms with Crippen LogP contribution in [0.15, 0.2) is 29.2 Å². The van der Waals surface area contributed by atoms with Crippen LogP contribution >= 0.6 is 0 Å². The lowest BCUT2D eigenvalue weighted by atomic mass is 10.3. The molecule has 2 heterocycles. The van der Waals surface area contributed by atoms with E-state index in [0.717, 1.165) is 51.4 Å². The van der Waals surface area contributed by atoms with Crippen LogP contribution in [0.1, 0.15) is 19.3 Å². The largest absolute Gasteiger partial charge is 0.379 e. The third-order valence-electron chi connectivity index (χ3n) is 4.58. The Bertz CT molecular complexity index is 684. The van der Waals surface area contributed by atoms with Crippen molar-refractivity contribution in [2.75, 3.05) is 50.8 Å². The van der Waals surface area contributed by atoms with Crippen molar-refractivity contribution in [3.05, 3.63) is 24.3 Å². The normalized spacial score (nSPS) is 19.5. The van der Waals surface area contributed by atoms with Crippen LogP contribution in [0.3, 0.4) is 0 Å². The molecule has 2 aliphatic rings. The molecule has 1 aromatic carbocycles. The van der Waals surface area contributed by atoms with Crippen LogP contribution in [0.5, 0.6) is 0 Å². The third kappa shape index (κ3) is 4.78. The van der Waals surface area contributed by atoms with Crippen molar-refractivity contribution in [2.24, 2.45) is 0 Å². The number of hydrogen-bond acceptors (Lipinski definition) is 5. The summed E-state index contributed by atoms with van der Waals surface area (Å²) < 4.78 is 32.6. The maximum Gasteiger partial charge on any atom is 0.240 e.